The molecule has 0 bridgehead atoms. The van der Waals surface area contributed by atoms with Crippen LogP contribution in [0.1, 0.15) is 22.3 Å². The molecule has 0 heteroatoms. The lowest BCUT2D eigenvalue weighted by atomic mass is 9.69. The maximum Gasteiger partial charge on any atom is 0.0731 e. The normalized spacial score (nSPS) is 13.2. The lowest BCUT2D eigenvalue weighted by molar-refractivity contribution is 0.803. The van der Waals surface area contributed by atoms with Crippen LogP contribution in [0.15, 0.2) is 231 Å². The summed E-state index contributed by atoms with van der Waals surface area (Å²) in [4.78, 5) is 0. The van der Waals surface area contributed by atoms with Crippen molar-refractivity contribution in [1.29, 1.82) is 0 Å². The van der Waals surface area contributed by atoms with Crippen molar-refractivity contribution in [3.8, 4) is 55.6 Å². The van der Waals surface area contributed by atoms with Gasteiger partial charge in [0.2, 0.25) is 0 Å². The molecule has 0 aromatic heterocycles. The highest BCUT2D eigenvalue weighted by molar-refractivity contribution is 6.24. The maximum absolute atomic E-state index is 2.56. The molecule has 12 aromatic rings. The van der Waals surface area contributed by atoms with Crippen LogP contribution in [0.5, 0.6) is 0 Å². The van der Waals surface area contributed by atoms with Crippen LogP contribution in [0, 0.1) is 0 Å². The largest absolute Gasteiger partial charge is 0.0731 e. The summed E-state index contributed by atoms with van der Waals surface area (Å²) in [5.74, 6) is 0. The Labute approximate surface area is 366 Å². The average molecular weight is 795 g/mol. The lowest BCUT2D eigenvalue weighted by Crippen LogP contribution is -2.26. The van der Waals surface area contributed by atoms with Gasteiger partial charge in [0.15, 0.2) is 0 Å². The van der Waals surface area contributed by atoms with Gasteiger partial charge in [-0.3, -0.25) is 0 Å². The summed E-state index contributed by atoms with van der Waals surface area (Å²) in [5.41, 5.74) is 17.8. The van der Waals surface area contributed by atoms with Crippen LogP contribution in [-0.2, 0) is 5.41 Å². The summed E-state index contributed by atoms with van der Waals surface area (Å²) in [6.07, 6.45) is 0. The first-order valence-corrected chi connectivity index (χ1v) is 22.1. The Bertz CT molecular complexity index is 3800. The van der Waals surface area contributed by atoms with Crippen molar-refractivity contribution in [3.05, 3.63) is 253 Å². The Balaban J connectivity index is 1.08. The standard InChI is InChI=1S/C63H38/c1-2-18-39(19-3-1)43-20-4-7-25-48(43)60-52-29-11-9-27-50(52)59(51-28-10-12-30-53(51)60)41-35-34-40-37-55-58(38-42(40)36-41)63(56-32-16-14-23-46(56)47-24-15-17-33-57(47)63)62-54-31-13-6-22-45(54)44-21-5-8-26-49(44)61(55)62/h1-38H. The molecular weight excluding hydrogens is 757 g/mol. The number of hydrogen-bond acceptors (Lipinski definition) is 0. The van der Waals surface area contributed by atoms with E-state index in [-0.39, 0.29) is 0 Å². The molecule has 0 saturated heterocycles. The fourth-order valence-corrected chi connectivity index (χ4v) is 12.0. The van der Waals surface area contributed by atoms with Gasteiger partial charge in [-0.05, 0) is 150 Å². The second kappa shape index (κ2) is 13.0. The molecule has 0 radical (unpaired) electrons. The Hall–Kier alpha value is -8.06. The van der Waals surface area contributed by atoms with Crippen molar-refractivity contribution in [3.63, 3.8) is 0 Å². The van der Waals surface area contributed by atoms with Crippen LogP contribution in [0.3, 0.4) is 0 Å². The second-order valence-corrected chi connectivity index (χ2v) is 17.4. The van der Waals surface area contributed by atoms with Crippen LogP contribution in [0.4, 0.5) is 0 Å². The van der Waals surface area contributed by atoms with Gasteiger partial charge in [-0.25, -0.2) is 0 Å². The molecule has 0 saturated carbocycles. The zero-order chi connectivity index (χ0) is 41.2. The van der Waals surface area contributed by atoms with Gasteiger partial charge in [-0.2, -0.15) is 0 Å². The summed E-state index contributed by atoms with van der Waals surface area (Å²) in [5, 5.41) is 12.8. The first kappa shape index (κ1) is 34.6. The third kappa shape index (κ3) is 4.60. The van der Waals surface area contributed by atoms with Gasteiger partial charge < -0.3 is 0 Å². The van der Waals surface area contributed by atoms with Crippen molar-refractivity contribution in [2.75, 3.05) is 0 Å². The van der Waals surface area contributed by atoms with Crippen LogP contribution in [0.2, 0.25) is 0 Å². The highest BCUT2D eigenvalue weighted by Crippen LogP contribution is 2.66. The molecule has 0 aliphatic heterocycles. The van der Waals surface area contributed by atoms with Gasteiger partial charge in [0, 0.05) is 0 Å². The van der Waals surface area contributed by atoms with E-state index in [1.54, 1.807) is 0 Å². The number of rotatable bonds is 3. The lowest BCUT2D eigenvalue weighted by Gasteiger charge is -2.32. The predicted octanol–water partition coefficient (Wildman–Crippen LogP) is 16.8. The quantitative estimate of drug-likeness (QED) is 0.123. The summed E-state index contributed by atoms with van der Waals surface area (Å²) < 4.78 is 0. The minimum atomic E-state index is -0.487. The van der Waals surface area contributed by atoms with Crippen molar-refractivity contribution >= 4 is 53.9 Å². The Morgan fingerprint density at radius 2 is 0.683 bits per heavy atom. The topological polar surface area (TPSA) is 0 Å². The van der Waals surface area contributed by atoms with Gasteiger partial charge in [-0.1, -0.05) is 212 Å². The summed E-state index contributed by atoms with van der Waals surface area (Å²) in [7, 11) is 0. The second-order valence-electron chi connectivity index (χ2n) is 17.4. The fourth-order valence-electron chi connectivity index (χ4n) is 12.0. The Morgan fingerprint density at radius 3 is 1.30 bits per heavy atom. The van der Waals surface area contributed by atoms with Gasteiger partial charge in [0.25, 0.3) is 0 Å². The third-order valence-electron chi connectivity index (χ3n) is 14.4. The Morgan fingerprint density at radius 1 is 0.222 bits per heavy atom. The molecule has 2 aliphatic rings. The number of benzene rings is 12. The van der Waals surface area contributed by atoms with Crippen LogP contribution < -0.4 is 0 Å². The number of fused-ring (bicyclic) bond motifs is 18. The monoisotopic (exact) mass is 794 g/mol. The van der Waals surface area contributed by atoms with Crippen molar-refractivity contribution in [1.82, 2.24) is 0 Å². The molecule has 14 rings (SSSR count). The van der Waals surface area contributed by atoms with Gasteiger partial charge in [-0.15, -0.1) is 0 Å². The van der Waals surface area contributed by atoms with E-state index in [1.165, 1.54) is 132 Å². The molecule has 2 aliphatic carbocycles. The first-order valence-electron chi connectivity index (χ1n) is 22.1. The van der Waals surface area contributed by atoms with E-state index in [2.05, 4.69) is 231 Å². The minimum Gasteiger partial charge on any atom is -0.0622 e. The van der Waals surface area contributed by atoms with E-state index < -0.39 is 5.41 Å². The molecule has 0 fully saturated rings. The highest BCUT2D eigenvalue weighted by Gasteiger charge is 2.53. The first-order chi connectivity index (χ1) is 31.3. The zero-order valence-corrected chi connectivity index (χ0v) is 34.4. The smallest absolute Gasteiger partial charge is 0.0622 e. The Kier molecular flexibility index (Phi) is 7.13. The fraction of sp³-hybridized carbons (Fsp3) is 0.0159. The molecule has 290 valence electrons. The molecule has 0 unspecified atom stereocenters. The predicted molar refractivity (Wildman–Crippen MR) is 267 cm³/mol. The van der Waals surface area contributed by atoms with E-state index >= 15 is 0 Å². The van der Waals surface area contributed by atoms with E-state index in [1.807, 2.05) is 0 Å². The van der Waals surface area contributed by atoms with Gasteiger partial charge >= 0.3 is 0 Å². The maximum atomic E-state index is 2.56. The summed E-state index contributed by atoms with van der Waals surface area (Å²) >= 11 is 0. The molecule has 1 spiro atoms. The molecular formula is C63H38. The average Bonchev–Trinajstić information content (AvgIpc) is 3.82. The molecule has 0 amide bonds. The van der Waals surface area contributed by atoms with Crippen LogP contribution in [0.25, 0.3) is 109 Å². The van der Waals surface area contributed by atoms with E-state index in [9.17, 15) is 0 Å². The molecule has 0 N–H and O–H groups in total. The van der Waals surface area contributed by atoms with E-state index in [0.29, 0.717) is 0 Å². The van der Waals surface area contributed by atoms with Crippen molar-refractivity contribution in [2.45, 2.75) is 5.41 Å². The zero-order valence-electron chi connectivity index (χ0n) is 34.4. The van der Waals surface area contributed by atoms with Crippen LogP contribution in [-0.4, -0.2) is 0 Å². The van der Waals surface area contributed by atoms with Crippen molar-refractivity contribution < 1.29 is 0 Å². The SMILES string of the molecule is c1ccc(-c2ccccc2-c2c3ccccc3c(-c3ccc4cc5c(cc4c3)C3(c4ccccc4-c4ccccc43)c3c-5c4ccccc4c4ccccc34)c3ccccc23)cc1. The number of hydrogen-bond donors (Lipinski definition) is 0. The summed E-state index contributed by atoms with van der Waals surface area (Å²) in [6, 6.07) is 86.6. The molecule has 63 heavy (non-hydrogen) atoms. The van der Waals surface area contributed by atoms with Crippen LogP contribution >= 0.6 is 0 Å². The molecule has 0 atom stereocenters. The molecule has 0 heterocycles. The molecule has 0 nitrogen and oxygen atoms in total. The van der Waals surface area contributed by atoms with E-state index in [0.717, 1.165) is 0 Å². The van der Waals surface area contributed by atoms with Gasteiger partial charge in [0.05, 0.1) is 5.41 Å². The van der Waals surface area contributed by atoms with Crippen molar-refractivity contribution in [2.24, 2.45) is 0 Å². The third-order valence-corrected chi connectivity index (χ3v) is 14.4. The summed E-state index contributed by atoms with van der Waals surface area (Å²) in [6.45, 7) is 0. The minimum absolute atomic E-state index is 0.487. The molecule has 12 aromatic carbocycles. The highest BCUT2D eigenvalue weighted by atomic mass is 14.5. The van der Waals surface area contributed by atoms with E-state index in [4.69, 9.17) is 0 Å². The van der Waals surface area contributed by atoms with Gasteiger partial charge in [0.1, 0.15) is 0 Å².